The first-order chi connectivity index (χ1) is 9.49. The van der Waals surface area contributed by atoms with Gasteiger partial charge in [0.05, 0.1) is 5.75 Å². The Bertz CT molecular complexity index is 499. The summed E-state index contributed by atoms with van der Waals surface area (Å²) in [5.41, 5.74) is 0. The predicted molar refractivity (Wildman–Crippen MR) is 73.4 cm³/mol. The molecule has 7 nitrogen and oxygen atoms in total. The number of rotatable bonds is 7. The fraction of sp³-hybridized carbons (Fsp3) is 0.667. The second-order valence-corrected chi connectivity index (χ2v) is 6.11. The van der Waals surface area contributed by atoms with Crippen LogP contribution in [0.4, 0.5) is 0 Å². The van der Waals surface area contributed by atoms with E-state index in [1.54, 1.807) is 20.2 Å². The van der Waals surface area contributed by atoms with Gasteiger partial charge in [0, 0.05) is 6.04 Å². The number of nitrogens with one attached hydrogen (secondary N) is 1. The lowest BCUT2D eigenvalue weighted by Gasteiger charge is -2.17. The Kier molecular flexibility index (Phi) is 4.64. The quantitative estimate of drug-likeness (QED) is 0.727. The van der Waals surface area contributed by atoms with Gasteiger partial charge in [0.2, 0.25) is 5.91 Å². The van der Waals surface area contributed by atoms with Gasteiger partial charge in [-0.25, -0.2) is 4.79 Å². The molecular weight excluding hydrogens is 280 g/mol. The number of carboxylic acid groups (broad SMARTS) is 1. The van der Waals surface area contributed by atoms with E-state index in [9.17, 15) is 9.59 Å². The molecule has 0 saturated heterocycles. The number of aliphatic carboxylic acids is 1. The van der Waals surface area contributed by atoms with Crippen molar-refractivity contribution in [2.45, 2.75) is 43.9 Å². The lowest BCUT2D eigenvalue weighted by atomic mass is 10.1. The molecule has 20 heavy (non-hydrogen) atoms. The van der Waals surface area contributed by atoms with Crippen molar-refractivity contribution in [3.05, 3.63) is 6.33 Å². The summed E-state index contributed by atoms with van der Waals surface area (Å²) in [6.07, 6.45) is 3.91. The summed E-state index contributed by atoms with van der Waals surface area (Å²) in [5, 5.41) is 20.1. The van der Waals surface area contributed by atoms with Crippen molar-refractivity contribution in [1.82, 2.24) is 20.1 Å². The summed E-state index contributed by atoms with van der Waals surface area (Å²) in [7, 11) is 0. The molecule has 0 spiro atoms. The van der Waals surface area contributed by atoms with Crippen LogP contribution in [-0.4, -0.2) is 43.5 Å². The summed E-state index contributed by atoms with van der Waals surface area (Å²) in [5.74, 6) is -1.33. The minimum Gasteiger partial charge on any atom is -0.480 e. The highest BCUT2D eigenvalue weighted by molar-refractivity contribution is 7.99. The Balaban J connectivity index is 1.85. The number of hydrogen-bond acceptors (Lipinski definition) is 5. The maximum atomic E-state index is 11.8. The van der Waals surface area contributed by atoms with Crippen LogP contribution in [0.15, 0.2) is 11.5 Å². The van der Waals surface area contributed by atoms with Gasteiger partial charge in [-0.1, -0.05) is 25.6 Å². The maximum absolute atomic E-state index is 11.8. The van der Waals surface area contributed by atoms with Crippen molar-refractivity contribution in [3.8, 4) is 0 Å². The van der Waals surface area contributed by atoms with Crippen LogP contribution in [0.1, 0.15) is 32.7 Å². The van der Waals surface area contributed by atoms with E-state index >= 15 is 0 Å². The Morgan fingerprint density at radius 2 is 2.25 bits per heavy atom. The third-order valence-electron chi connectivity index (χ3n) is 3.06. The molecule has 1 heterocycles. The molecule has 0 unspecified atom stereocenters. The van der Waals surface area contributed by atoms with E-state index in [0.717, 1.165) is 12.8 Å². The van der Waals surface area contributed by atoms with Gasteiger partial charge >= 0.3 is 5.97 Å². The number of carboxylic acids is 1. The van der Waals surface area contributed by atoms with Crippen LogP contribution >= 0.6 is 11.8 Å². The molecule has 0 aliphatic heterocycles. The standard InChI is InChI=1S/C12H18N4O3S/c1-7(2)10(11(18)19)14-9(17)5-20-12-15-13-6-16(12)8-3-4-8/h6-8,10H,3-5H2,1-2H3,(H,14,17)(H,18,19)/t10-/m1/s1. The number of carbonyl (C=O) groups excluding carboxylic acids is 1. The Morgan fingerprint density at radius 1 is 1.55 bits per heavy atom. The molecule has 1 amide bonds. The van der Waals surface area contributed by atoms with Crippen molar-refractivity contribution < 1.29 is 14.7 Å². The molecule has 8 heteroatoms. The first kappa shape index (κ1) is 14.8. The van der Waals surface area contributed by atoms with Crippen molar-refractivity contribution in [2.24, 2.45) is 5.92 Å². The Morgan fingerprint density at radius 3 is 2.80 bits per heavy atom. The van der Waals surface area contributed by atoms with Gasteiger partial charge in [-0.05, 0) is 18.8 Å². The van der Waals surface area contributed by atoms with Crippen LogP contribution in [0.25, 0.3) is 0 Å². The number of carbonyl (C=O) groups is 2. The smallest absolute Gasteiger partial charge is 0.326 e. The third kappa shape index (κ3) is 3.72. The zero-order valence-electron chi connectivity index (χ0n) is 11.4. The lowest BCUT2D eigenvalue weighted by Crippen LogP contribution is -2.45. The molecule has 1 fully saturated rings. The van der Waals surface area contributed by atoms with E-state index < -0.39 is 12.0 Å². The van der Waals surface area contributed by atoms with Crippen molar-refractivity contribution in [1.29, 1.82) is 0 Å². The minimum absolute atomic E-state index is 0.141. The summed E-state index contributed by atoms with van der Waals surface area (Å²) in [6.45, 7) is 3.52. The van der Waals surface area contributed by atoms with Crippen LogP contribution in [0, 0.1) is 5.92 Å². The molecule has 1 aliphatic carbocycles. The predicted octanol–water partition coefficient (Wildman–Crippen LogP) is 0.930. The number of aromatic nitrogens is 3. The summed E-state index contributed by atoms with van der Waals surface area (Å²) >= 11 is 1.28. The van der Waals surface area contributed by atoms with E-state index in [2.05, 4.69) is 15.5 Å². The molecule has 0 bridgehead atoms. The largest absolute Gasteiger partial charge is 0.480 e. The zero-order valence-corrected chi connectivity index (χ0v) is 12.3. The van der Waals surface area contributed by atoms with Crippen LogP contribution < -0.4 is 5.32 Å². The fourth-order valence-electron chi connectivity index (χ4n) is 1.80. The molecule has 1 aromatic rings. The molecule has 2 N–H and O–H groups in total. The van der Waals surface area contributed by atoms with E-state index in [0.29, 0.717) is 11.2 Å². The van der Waals surface area contributed by atoms with E-state index in [1.165, 1.54) is 11.8 Å². The molecule has 1 saturated carbocycles. The molecule has 1 atom stereocenters. The molecule has 1 aromatic heterocycles. The van der Waals surface area contributed by atoms with Gasteiger partial charge < -0.3 is 15.0 Å². The van der Waals surface area contributed by atoms with Crippen LogP contribution in [0.2, 0.25) is 0 Å². The zero-order chi connectivity index (χ0) is 14.7. The van der Waals surface area contributed by atoms with Crippen molar-refractivity contribution >= 4 is 23.6 Å². The van der Waals surface area contributed by atoms with Gasteiger partial charge in [-0.2, -0.15) is 0 Å². The lowest BCUT2D eigenvalue weighted by molar-refractivity contribution is -0.142. The monoisotopic (exact) mass is 298 g/mol. The van der Waals surface area contributed by atoms with Gasteiger partial charge in [0.25, 0.3) is 0 Å². The highest BCUT2D eigenvalue weighted by Crippen LogP contribution is 2.37. The number of thioether (sulfide) groups is 1. The molecule has 0 aromatic carbocycles. The molecule has 2 rings (SSSR count). The van der Waals surface area contributed by atoms with E-state index in [1.807, 2.05) is 4.57 Å². The maximum Gasteiger partial charge on any atom is 0.326 e. The molecular formula is C12H18N4O3S. The van der Waals surface area contributed by atoms with E-state index in [4.69, 9.17) is 5.11 Å². The molecule has 110 valence electrons. The van der Waals surface area contributed by atoms with Crippen LogP contribution in [0.3, 0.4) is 0 Å². The van der Waals surface area contributed by atoms with Crippen LogP contribution in [-0.2, 0) is 9.59 Å². The summed E-state index contributed by atoms with van der Waals surface area (Å²) in [4.78, 5) is 22.8. The fourth-order valence-corrected chi connectivity index (χ4v) is 2.59. The third-order valence-corrected chi connectivity index (χ3v) is 4.02. The topological polar surface area (TPSA) is 97.1 Å². The van der Waals surface area contributed by atoms with Gasteiger partial charge in [-0.15, -0.1) is 10.2 Å². The summed E-state index contributed by atoms with van der Waals surface area (Å²) < 4.78 is 1.97. The highest BCUT2D eigenvalue weighted by Gasteiger charge is 2.27. The van der Waals surface area contributed by atoms with Gasteiger partial charge in [0.15, 0.2) is 5.16 Å². The first-order valence-corrected chi connectivity index (χ1v) is 7.52. The van der Waals surface area contributed by atoms with Crippen molar-refractivity contribution in [3.63, 3.8) is 0 Å². The second-order valence-electron chi connectivity index (χ2n) is 5.17. The number of nitrogens with zero attached hydrogens (tertiary/aromatic N) is 3. The number of amides is 1. The number of hydrogen-bond donors (Lipinski definition) is 2. The average molecular weight is 298 g/mol. The highest BCUT2D eigenvalue weighted by atomic mass is 32.2. The normalized spacial score (nSPS) is 16.1. The summed E-state index contributed by atoms with van der Waals surface area (Å²) in [6, 6.07) is -0.401. The average Bonchev–Trinajstić information content (AvgIpc) is 3.12. The van der Waals surface area contributed by atoms with E-state index in [-0.39, 0.29) is 17.6 Å². The van der Waals surface area contributed by atoms with Crippen LogP contribution in [0.5, 0.6) is 0 Å². The first-order valence-electron chi connectivity index (χ1n) is 6.53. The minimum atomic E-state index is -1.01. The van der Waals surface area contributed by atoms with Crippen molar-refractivity contribution in [2.75, 3.05) is 5.75 Å². The Hall–Kier alpha value is -1.57. The Labute approximate surface area is 121 Å². The van der Waals surface area contributed by atoms with Gasteiger partial charge in [-0.3, -0.25) is 4.79 Å². The van der Waals surface area contributed by atoms with Gasteiger partial charge in [0.1, 0.15) is 12.4 Å². The SMILES string of the molecule is CC(C)[C@@H](NC(=O)CSc1nncn1C1CC1)C(=O)O. The second kappa shape index (κ2) is 6.25. The molecule has 0 radical (unpaired) electrons. The molecule has 1 aliphatic rings.